The molecule has 1 aromatic heterocycles. The van der Waals surface area contributed by atoms with Gasteiger partial charge in [-0.1, -0.05) is 12.1 Å². The highest BCUT2D eigenvalue weighted by molar-refractivity contribution is 9.11. The highest BCUT2D eigenvalue weighted by Gasteiger charge is 2.43. The number of hydrogen-bond donors (Lipinski definition) is 1. The number of thiophene rings is 1. The summed E-state index contributed by atoms with van der Waals surface area (Å²) in [5.41, 5.74) is 0.364. The Morgan fingerprint density at radius 3 is 2.54 bits per heavy atom. The second kappa shape index (κ2) is 6.84. The van der Waals surface area contributed by atoms with Gasteiger partial charge in [0, 0.05) is 18.5 Å². The van der Waals surface area contributed by atoms with Crippen LogP contribution in [0.5, 0.6) is 0 Å². The number of sulfonamides is 1. The second-order valence-corrected chi connectivity index (χ2v) is 10.7. The number of aliphatic hydroxyl groups is 1. The fraction of sp³-hybridized carbons (Fsp3) is 0.375. The van der Waals surface area contributed by atoms with Gasteiger partial charge >= 0.3 is 0 Å². The molecule has 1 N–H and O–H groups in total. The van der Waals surface area contributed by atoms with Crippen molar-refractivity contribution >= 4 is 37.3 Å². The van der Waals surface area contributed by atoms with Crippen molar-refractivity contribution in [2.24, 2.45) is 5.41 Å². The summed E-state index contributed by atoms with van der Waals surface area (Å²) in [4.78, 5) is 0. The van der Waals surface area contributed by atoms with Crippen LogP contribution in [0, 0.1) is 11.2 Å². The van der Waals surface area contributed by atoms with Crippen molar-refractivity contribution in [2.75, 3.05) is 19.7 Å². The first-order valence-corrected chi connectivity index (χ1v) is 10.5. The molecule has 1 atom stereocenters. The van der Waals surface area contributed by atoms with E-state index >= 15 is 0 Å². The summed E-state index contributed by atoms with van der Waals surface area (Å²) in [6.45, 7) is 0.531. The van der Waals surface area contributed by atoms with Crippen LogP contribution in [0.15, 0.2) is 44.4 Å². The molecule has 4 nitrogen and oxygen atoms in total. The van der Waals surface area contributed by atoms with Gasteiger partial charge in [-0.15, -0.1) is 11.3 Å². The zero-order valence-corrected chi connectivity index (χ0v) is 16.0. The van der Waals surface area contributed by atoms with Gasteiger partial charge in [-0.25, -0.2) is 12.8 Å². The number of aliphatic hydroxyl groups excluding tert-OH is 1. The van der Waals surface area contributed by atoms with Crippen molar-refractivity contribution in [3.8, 4) is 0 Å². The molecular weight excluding hydrogens is 417 g/mol. The maximum absolute atomic E-state index is 13.0. The molecule has 0 saturated carbocycles. The maximum Gasteiger partial charge on any atom is 0.252 e. The predicted molar refractivity (Wildman–Crippen MR) is 95.0 cm³/mol. The Hall–Kier alpha value is -0.800. The third kappa shape index (κ3) is 3.57. The predicted octanol–water partition coefficient (Wildman–Crippen LogP) is 3.27. The molecule has 0 radical (unpaired) electrons. The van der Waals surface area contributed by atoms with Gasteiger partial charge in [-0.2, -0.15) is 4.31 Å². The molecule has 3 rings (SSSR count). The quantitative estimate of drug-likeness (QED) is 0.786. The minimum Gasteiger partial charge on any atom is -0.396 e. The third-order valence-corrected chi connectivity index (χ3v) is 8.31. The van der Waals surface area contributed by atoms with Gasteiger partial charge in [0.25, 0.3) is 10.0 Å². The van der Waals surface area contributed by atoms with E-state index in [0.29, 0.717) is 23.6 Å². The zero-order chi connectivity index (χ0) is 17.4. The summed E-state index contributed by atoms with van der Waals surface area (Å²) in [5, 5.41) is 9.89. The molecule has 24 heavy (non-hydrogen) atoms. The fourth-order valence-electron chi connectivity index (χ4n) is 3.03. The summed E-state index contributed by atoms with van der Waals surface area (Å²) >= 11 is 4.46. The van der Waals surface area contributed by atoms with Gasteiger partial charge < -0.3 is 5.11 Å². The van der Waals surface area contributed by atoms with Crippen molar-refractivity contribution in [1.29, 1.82) is 0 Å². The molecule has 0 bridgehead atoms. The standard InChI is InChI=1S/C16H17BrFNO3S2/c17-14-5-6-15(23-14)24(21,22)19-8-7-16(10-19,11-20)9-12-1-3-13(18)4-2-12/h1-6,20H,7-11H2. The fourth-order valence-corrected chi connectivity index (χ4v) is 6.75. The minimum absolute atomic E-state index is 0.107. The molecule has 8 heteroatoms. The van der Waals surface area contributed by atoms with Crippen molar-refractivity contribution in [2.45, 2.75) is 17.1 Å². The van der Waals surface area contributed by atoms with Crippen LogP contribution in [0.4, 0.5) is 4.39 Å². The molecule has 130 valence electrons. The minimum atomic E-state index is -3.55. The first-order valence-electron chi connectivity index (χ1n) is 7.45. The van der Waals surface area contributed by atoms with Gasteiger partial charge in [0.1, 0.15) is 10.0 Å². The van der Waals surface area contributed by atoms with E-state index < -0.39 is 15.4 Å². The van der Waals surface area contributed by atoms with Crippen LogP contribution in [0.3, 0.4) is 0 Å². The Morgan fingerprint density at radius 2 is 1.96 bits per heavy atom. The highest BCUT2D eigenvalue weighted by atomic mass is 79.9. The van der Waals surface area contributed by atoms with Gasteiger partial charge in [0.05, 0.1) is 10.4 Å². The van der Waals surface area contributed by atoms with E-state index in [-0.39, 0.29) is 19.0 Å². The Labute approximate surface area is 153 Å². The summed E-state index contributed by atoms with van der Waals surface area (Å²) in [7, 11) is -3.55. The topological polar surface area (TPSA) is 57.6 Å². The number of nitrogens with zero attached hydrogens (tertiary/aromatic N) is 1. The maximum atomic E-state index is 13.0. The van der Waals surface area contributed by atoms with E-state index in [1.165, 1.54) is 27.8 Å². The van der Waals surface area contributed by atoms with E-state index in [4.69, 9.17) is 0 Å². The number of halogens is 2. The summed E-state index contributed by atoms with van der Waals surface area (Å²) in [6, 6.07) is 9.43. The molecule has 1 unspecified atom stereocenters. The summed E-state index contributed by atoms with van der Waals surface area (Å²) in [5.74, 6) is -0.310. The summed E-state index contributed by atoms with van der Waals surface area (Å²) in [6.07, 6.45) is 1.09. The lowest BCUT2D eigenvalue weighted by molar-refractivity contribution is 0.137. The molecule has 1 saturated heterocycles. The lowest BCUT2D eigenvalue weighted by Gasteiger charge is -2.27. The van der Waals surface area contributed by atoms with Crippen molar-refractivity contribution in [3.63, 3.8) is 0 Å². The van der Waals surface area contributed by atoms with Crippen molar-refractivity contribution < 1.29 is 17.9 Å². The van der Waals surface area contributed by atoms with E-state index in [1.807, 2.05) is 0 Å². The van der Waals surface area contributed by atoms with Gasteiger partial charge in [-0.3, -0.25) is 0 Å². The number of hydrogen-bond acceptors (Lipinski definition) is 4. The van der Waals surface area contributed by atoms with Crippen LogP contribution >= 0.6 is 27.3 Å². The van der Waals surface area contributed by atoms with Crippen molar-refractivity contribution in [3.05, 3.63) is 51.6 Å². The largest absolute Gasteiger partial charge is 0.396 e. The Morgan fingerprint density at radius 1 is 1.25 bits per heavy atom. The molecule has 1 fully saturated rings. The smallest absolute Gasteiger partial charge is 0.252 e. The monoisotopic (exact) mass is 433 g/mol. The van der Waals surface area contributed by atoms with Gasteiger partial charge in [-0.05, 0) is 58.6 Å². The molecule has 1 aliphatic rings. The van der Waals surface area contributed by atoms with E-state index in [9.17, 15) is 17.9 Å². The average molecular weight is 434 g/mol. The molecule has 0 amide bonds. The zero-order valence-electron chi connectivity index (χ0n) is 12.8. The first kappa shape index (κ1) is 18.0. The molecule has 2 aromatic rings. The van der Waals surface area contributed by atoms with Crippen LogP contribution in [-0.4, -0.2) is 37.5 Å². The summed E-state index contributed by atoms with van der Waals surface area (Å²) < 4.78 is 41.0. The average Bonchev–Trinajstić information content (AvgIpc) is 3.18. The normalized spacial score (nSPS) is 22.1. The Kier molecular flexibility index (Phi) is 5.13. The SMILES string of the molecule is O=S(=O)(c1ccc(Br)s1)N1CCC(CO)(Cc2ccc(F)cc2)C1. The first-order chi connectivity index (χ1) is 11.3. The molecule has 1 aliphatic heterocycles. The number of benzene rings is 1. The molecule has 1 aromatic carbocycles. The molecule has 2 heterocycles. The van der Waals surface area contributed by atoms with Gasteiger partial charge in [0.15, 0.2) is 0 Å². The highest BCUT2D eigenvalue weighted by Crippen LogP contribution is 2.38. The lowest BCUT2D eigenvalue weighted by atomic mass is 9.82. The van der Waals surface area contributed by atoms with E-state index in [2.05, 4.69) is 15.9 Å². The van der Waals surface area contributed by atoms with Crippen LogP contribution in [0.1, 0.15) is 12.0 Å². The number of rotatable bonds is 5. The van der Waals surface area contributed by atoms with E-state index in [1.54, 1.807) is 24.3 Å². The van der Waals surface area contributed by atoms with Crippen LogP contribution in [0.2, 0.25) is 0 Å². The third-order valence-electron chi connectivity index (χ3n) is 4.37. The Balaban J connectivity index is 1.80. The second-order valence-electron chi connectivity index (χ2n) is 6.11. The van der Waals surface area contributed by atoms with Crippen molar-refractivity contribution in [1.82, 2.24) is 4.31 Å². The van der Waals surface area contributed by atoms with Crippen LogP contribution < -0.4 is 0 Å². The van der Waals surface area contributed by atoms with Crippen LogP contribution in [0.25, 0.3) is 0 Å². The molecule has 0 spiro atoms. The van der Waals surface area contributed by atoms with Crippen LogP contribution in [-0.2, 0) is 16.4 Å². The molecule has 0 aliphatic carbocycles. The van der Waals surface area contributed by atoms with Gasteiger partial charge in [0.2, 0.25) is 0 Å². The molecular formula is C16H17BrFNO3S2. The Bertz CT molecular complexity index is 822. The lowest BCUT2D eigenvalue weighted by Crippen LogP contribution is -2.35. The van der Waals surface area contributed by atoms with E-state index in [0.717, 1.165) is 9.35 Å².